The maximum atomic E-state index is 12.2. The number of aromatic nitrogens is 4. The van der Waals surface area contributed by atoms with Gasteiger partial charge in [0.1, 0.15) is 10.0 Å². The highest BCUT2D eigenvalue weighted by Gasteiger charge is 2.26. The minimum Gasteiger partial charge on any atom is -0.297 e. The zero-order chi connectivity index (χ0) is 15.4. The van der Waals surface area contributed by atoms with E-state index in [0.717, 1.165) is 31.6 Å². The Balaban J connectivity index is 1.49. The van der Waals surface area contributed by atoms with Crippen LogP contribution in [0.3, 0.4) is 0 Å². The van der Waals surface area contributed by atoms with E-state index < -0.39 is 0 Å². The lowest BCUT2D eigenvalue weighted by Gasteiger charge is -2.30. The average Bonchev–Trinajstić information content (AvgIpc) is 2.94. The van der Waals surface area contributed by atoms with Gasteiger partial charge in [-0.25, -0.2) is 9.97 Å². The number of halogens is 1. The summed E-state index contributed by atoms with van der Waals surface area (Å²) in [6, 6.07) is 1.71. The molecule has 0 atom stereocenters. The minimum absolute atomic E-state index is 0.0101. The molecule has 0 bridgehead atoms. The summed E-state index contributed by atoms with van der Waals surface area (Å²) in [5.74, 6) is 0.332. The molecule has 1 fully saturated rings. The molecule has 1 N–H and O–H groups in total. The predicted octanol–water partition coefficient (Wildman–Crippen LogP) is 1.83. The monoisotopic (exact) mass is 338 g/mol. The van der Waals surface area contributed by atoms with Crippen molar-refractivity contribution in [3.8, 4) is 0 Å². The summed E-state index contributed by atoms with van der Waals surface area (Å²) in [6.45, 7) is 2.36. The molecular formula is C13H15ClN6OS. The molecule has 116 valence electrons. The Morgan fingerprint density at radius 2 is 2.09 bits per heavy atom. The van der Waals surface area contributed by atoms with E-state index in [1.165, 1.54) is 11.5 Å². The van der Waals surface area contributed by atoms with Gasteiger partial charge in [-0.15, -0.1) is 5.10 Å². The van der Waals surface area contributed by atoms with E-state index in [-0.39, 0.29) is 11.8 Å². The van der Waals surface area contributed by atoms with Crippen molar-refractivity contribution in [3.63, 3.8) is 0 Å². The molecule has 1 aliphatic heterocycles. The molecule has 0 saturated carbocycles. The maximum Gasteiger partial charge on any atom is 0.229 e. The molecule has 0 aromatic carbocycles. The van der Waals surface area contributed by atoms with Gasteiger partial charge in [0.15, 0.2) is 0 Å². The summed E-state index contributed by atoms with van der Waals surface area (Å²) >= 11 is 7.22. The number of hydrogen-bond acceptors (Lipinski definition) is 7. The molecule has 7 nitrogen and oxygen atoms in total. The van der Waals surface area contributed by atoms with Crippen molar-refractivity contribution >= 4 is 35.0 Å². The van der Waals surface area contributed by atoms with Crippen LogP contribution in [0.5, 0.6) is 0 Å². The van der Waals surface area contributed by atoms with Gasteiger partial charge in [0.05, 0.1) is 0 Å². The van der Waals surface area contributed by atoms with Crippen molar-refractivity contribution in [1.82, 2.24) is 24.5 Å². The first-order chi connectivity index (χ1) is 10.7. The summed E-state index contributed by atoms with van der Waals surface area (Å²) in [6.07, 6.45) is 4.81. The van der Waals surface area contributed by atoms with Crippen molar-refractivity contribution < 1.29 is 4.79 Å². The zero-order valence-electron chi connectivity index (χ0n) is 11.8. The Bertz CT molecular complexity index is 628. The van der Waals surface area contributed by atoms with Crippen LogP contribution in [0.25, 0.3) is 0 Å². The van der Waals surface area contributed by atoms with Crippen molar-refractivity contribution in [1.29, 1.82) is 0 Å². The van der Waals surface area contributed by atoms with Gasteiger partial charge in [-0.2, -0.15) is 0 Å². The number of likely N-dealkylation sites (tertiary alicyclic amines) is 1. The van der Waals surface area contributed by atoms with E-state index in [4.69, 9.17) is 11.6 Å². The Hall–Kier alpha value is -1.64. The van der Waals surface area contributed by atoms with Crippen LogP contribution >= 0.6 is 23.1 Å². The van der Waals surface area contributed by atoms with Crippen LogP contribution in [0.1, 0.15) is 18.5 Å². The van der Waals surface area contributed by atoms with E-state index >= 15 is 0 Å². The normalized spacial score (nSPS) is 16.6. The van der Waals surface area contributed by atoms with Gasteiger partial charge in [0.2, 0.25) is 11.9 Å². The summed E-state index contributed by atoms with van der Waals surface area (Å²) in [5.41, 5.74) is 0.812. The van der Waals surface area contributed by atoms with Crippen molar-refractivity contribution in [3.05, 3.63) is 28.5 Å². The molecule has 0 spiro atoms. The third-order valence-corrected chi connectivity index (χ3v) is 4.63. The number of nitrogens with one attached hydrogen (secondary N) is 1. The second-order valence-electron chi connectivity index (χ2n) is 5.11. The van der Waals surface area contributed by atoms with E-state index in [0.29, 0.717) is 16.8 Å². The lowest BCUT2D eigenvalue weighted by molar-refractivity contribution is -0.121. The Morgan fingerprint density at radius 3 is 2.73 bits per heavy atom. The van der Waals surface area contributed by atoms with Crippen LogP contribution in [0.2, 0.25) is 4.34 Å². The summed E-state index contributed by atoms with van der Waals surface area (Å²) in [5, 5.41) is 6.78. The molecule has 0 unspecified atom stereocenters. The molecule has 0 aliphatic carbocycles. The Morgan fingerprint density at radius 1 is 1.36 bits per heavy atom. The van der Waals surface area contributed by atoms with Gasteiger partial charge in [-0.05, 0) is 32.0 Å². The van der Waals surface area contributed by atoms with Crippen LogP contribution in [-0.2, 0) is 11.3 Å². The second kappa shape index (κ2) is 7.08. The number of nitrogens with zero attached hydrogens (tertiary/aromatic N) is 5. The molecule has 2 aromatic rings. The molecular weight excluding hydrogens is 324 g/mol. The number of hydrogen-bond donors (Lipinski definition) is 1. The predicted molar refractivity (Wildman–Crippen MR) is 83.6 cm³/mol. The van der Waals surface area contributed by atoms with Crippen molar-refractivity contribution in [2.45, 2.75) is 19.4 Å². The van der Waals surface area contributed by atoms with Gasteiger partial charge in [-0.3, -0.25) is 15.0 Å². The molecule has 3 heterocycles. The van der Waals surface area contributed by atoms with E-state index in [1.807, 2.05) is 0 Å². The van der Waals surface area contributed by atoms with E-state index in [2.05, 4.69) is 29.8 Å². The average molecular weight is 339 g/mol. The summed E-state index contributed by atoms with van der Waals surface area (Å²) < 4.78 is 4.47. The van der Waals surface area contributed by atoms with Crippen molar-refractivity contribution in [2.75, 3.05) is 18.4 Å². The van der Waals surface area contributed by atoms with Crippen LogP contribution in [0.15, 0.2) is 18.5 Å². The largest absolute Gasteiger partial charge is 0.297 e. The standard InChI is InChI=1S/C13H15ClN6OS/c14-11-10(18-19-22-11)8-20-6-2-9(3-7-20)12(21)17-13-15-4-1-5-16-13/h1,4-5,9H,2-3,6-8H2,(H,15,16,17,21). The first-order valence-electron chi connectivity index (χ1n) is 6.99. The number of piperidine rings is 1. The molecule has 1 saturated heterocycles. The molecule has 1 aliphatic rings. The van der Waals surface area contributed by atoms with Crippen LogP contribution in [-0.4, -0.2) is 43.5 Å². The van der Waals surface area contributed by atoms with Crippen molar-refractivity contribution in [2.24, 2.45) is 5.92 Å². The number of anilines is 1. The van der Waals surface area contributed by atoms with Crippen LogP contribution in [0.4, 0.5) is 5.95 Å². The molecule has 22 heavy (non-hydrogen) atoms. The lowest BCUT2D eigenvalue weighted by Crippen LogP contribution is -2.38. The lowest BCUT2D eigenvalue weighted by atomic mass is 9.96. The first-order valence-corrected chi connectivity index (χ1v) is 8.14. The van der Waals surface area contributed by atoms with Gasteiger partial charge < -0.3 is 0 Å². The fourth-order valence-electron chi connectivity index (χ4n) is 2.43. The molecule has 9 heteroatoms. The number of carbonyl (C=O) groups excluding carboxylic acids is 1. The third kappa shape index (κ3) is 3.76. The smallest absolute Gasteiger partial charge is 0.229 e. The highest BCUT2D eigenvalue weighted by atomic mass is 35.5. The Kier molecular flexibility index (Phi) is 4.91. The highest BCUT2D eigenvalue weighted by Crippen LogP contribution is 2.23. The SMILES string of the molecule is O=C(Nc1ncccn1)C1CCN(Cc2nnsc2Cl)CC1. The van der Waals surface area contributed by atoms with E-state index in [1.54, 1.807) is 18.5 Å². The van der Waals surface area contributed by atoms with Gasteiger partial charge in [-0.1, -0.05) is 16.1 Å². The Labute approximate surface area is 136 Å². The molecule has 2 aromatic heterocycles. The quantitative estimate of drug-likeness (QED) is 0.915. The fraction of sp³-hybridized carbons (Fsp3) is 0.462. The molecule has 3 rings (SSSR count). The summed E-state index contributed by atoms with van der Waals surface area (Å²) in [4.78, 5) is 22.4. The first kappa shape index (κ1) is 15.3. The van der Waals surface area contributed by atoms with Gasteiger partial charge in [0.25, 0.3) is 0 Å². The minimum atomic E-state index is -0.0146. The van der Waals surface area contributed by atoms with Gasteiger partial charge in [0, 0.05) is 36.4 Å². The van der Waals surface area contributed by atoms with Crippen LogP contribution in [0, 0.1) is 5.92 Å². The summed E-state index contributed by atoms with van der Waals surface area (Å²) in [7, 11) is 0. The van der Waals surface area contributed by atoms with Crippen LogP contribution < -0.4 is 5.32 Å². The maximum absolute atomic E-state index is 12.2. The van der Waals surface area contributed by atoms with E-state index in [9.17, 15) is 4.79 Å². The topological polar surface area (TPSA) is 83.9 Å². The fourth-order valence-corrected chi connectivity index (χ4v) is 3.04. The third-order valence-electron chi connectivity index (χ3n) is 3.64. The number of rotatable bonds is 4. The molecule has 0 radical (unpaired) electrons. The zero-order valence-corrected chi connectivity index (χ0v) is 13.3. The number of amides is 1. The molecule has 1 amide bonds. The van der Waals surface area contributed by atoms with Gasteiger partial charge >= 0.3 is 0 Å². The number of carbonyl (C=O) groups is 1. The second-order valence-corrected chi connectivity index (χ2v) is 6.46. The highest BCUT2D eigenvalue weighted by molar-refractivity contribution is 7.10.